The van der Waals surface area contributed by atoms with Gasteiger partial charge in [0.1, 0.15) is 0 Å². The summed E-state index contributed by atoms with van der Waals surface area (Å²) in [5, 5.41) is 0. The van der Waals surface area contributed by atoms with Crippen molar-refractivity contribution in [3.63, 3.8) is 0 Å². The monoisotopic (exact) mass is 489 g/mol. The van der Waals surface area contributed by atoms with E-state index in [1.165, 1.54) is 24.3 Å². The van der Waals surface area contributed by atoms with E-state index in [4.69, 9.17) is 4.74 Å². The molecule has 0 saturated carbocycles. The first kappa shape index (κ1) is 22.0. The third kappa shape index (κ3) is 4.71. The average molecular weight is 490 g/mol. The molecule has 0 spiro atoms. The fraction of sp³-hybridized carbons (Fsp3) is 0.182. The lowest BCUT2D eigenvalue weighted by molar-refractivity contribution is 0.0474. The van der Waals surface area contributed by atoms with Crippen molar-refractivity contribution >= 4 is 37.5 Å². The molecule has 30 heavy (non-hydrogen) atoms. The molecule has 0 atom stereocenters. The van der Waals surface area contributed by atoms with Crippen LogP contribution in [0.4, 0.5) is 0 Å². The van der Waals surface area contributed by atoms with Crippen LogP contribution in [-0.2, 0) is 14.6 Å². The van der Waals surface area contributed by atoms with Gasteiger partial charge in [0.15, 0.2) is 16.4 Å². The minimum Gasteiger partial charge on any atom is -0.454 e. The van der Waals surface area contributed by atoms with Crippen molar-refractivity contribution in [2.45, 2.75) is 18.7 Å². The van der Waals surface area contributed by atoms with Crippen LogP contribution in [0.15, 0.2) is 64.0 Å². The zero-order valence-corrected chi connectivity index (χ0v) is 19.1. The number of rotatable bonds is 6. The van der Waals surface area contributed by atoms with Crippen LogP contribution in [-0.4, -0.2) is 37.6 Å². The first-order chi connectivity index (χ1) is 14.1. The molecule has 0 saturated heterocycles. The number of benzene rings is 2. The number of nitrogens with zero attached hydrogens (tertiary/aromatic N) is 1. The molecular weight excluding hydrogens is 470 g/mol. The molecule has 3 rings (SSSR count). The number of carbonyl (C=O) groups is 2. The second-order valence-corrected chi connectivity index (χ2v) is 9.82. The van der Waals surface area contributed by atoms with Crippen LogP contribution in [0.3, 0.4) is 0 Å². The Morgan fingerprint density at radius 1 is 1.00 bits per heavy atom. The van der Waals surface area contributed by atoms with Gasteiger partial charge in [-0.3, -0.25) is 4.79 Å². The number of aryl methyl sites for hydroxylation is 1. The Kier molecular flexibility index (Phi) is 6.28. The summed E-state index contributed by atoms with van der Waals surface area (Å²) in [5.74, 6) is -1.00. The normalized spacial score (nSPS) is 11.3. The van der Waals surface area contributed by atoms with Gasteiger partial charge < -0.3 is 9.30 Å². The van der Waals surface area contributed by atoms with E-state index in [-0.39, 0.29) is 16.2 Å². The van der Waals surface area contributed by atoms with Gasteiger partial charge in [0.05, 0.1) is 10.5 Å². The Bertz CT molecular complexity index is 1210. The largest absolute Gasteiger partial charge is 0.454 e. The predicted molar refractivity (Wildman–Crippen MR) is 117 cm³/mol. The summed E-state index contributed by atoms with van der Waals surface area (Å²) in [6, 6.07) is 14.9. The van der Waals surface area contributed by atoms with Crippen molar-refractivity contribution in [3.8, 4) is 5.69 Å². The van der Waals surface area contributed by atoms with Gasteiger partial charge in [-0.2, -0.15) is 0 Å². The van der Waals surface area contributed by atoms with Gasteiger partial charge in [0.25, 0.3) is 0 Å². The quantitative estimate of drug-likeness (QED) is 0.380. The Hall–Kier alpha value is -2.71. The average Bonchev–Trinajstić information content (AvgIpc) is 3.00. The third-order valence-corrected chi connectivity index (χ3v) is 6.33. The summed E-state index contributed by atoms with van der Waals surface area (Å²) < 4.78 is 31.1. The number of aromatic nitrogens is 1. The molecule has 0 fully saturated rings. The summed E-state index contributed by atoms with van der Waals surface area (Å²) in [5.41, 5.74) is 3.23. The van der Waals surface area contributed by atoms with Crippen molar-refractivity contribution < 1.29 is 22.7 Å². The molecule has 0 aliphatic heterocycles. The summed E-state index contributed by atoms with van der Waals surface area (Å²) in [6.45, 7) is 3.34. The Balaban J connectivity index is 1.73. The summed E-state index contributed by atoms with van der Waals surface area (Å²) in [4.78, 5) is 25.0. The number of ether oxygens (including phenoxy) is 1. The molecule has 0 aliphatic rings. The smallest absolute Gasteiger partial charge is 0.338 e. The van der Waals surface area contributed by atoms with E-state index in [0.717, 1.165) is 27.8 Å². The maximum absolute atomic E-state index is 12.7. The summed E-state index contributed by atoms with van der Waals surface area (Å²) in [7, 11) is -3.35. The second kappa shape index (κ2) is 8.57. The Morgan fingerprint density at radius 2 is 1.60 bits per heavy atom. The van der Waals surface area contributed by atoms with E-state index in [0.29, 0.717) is 5.56 Å². The standard InChI is InChI=1S/C22H20BrNO5S/c1-14-12-20(15(2)24(14)18-8-6-17(23)7-9-18)21(25)13-29-22(26)16-4-10-19(11-5-16)30(3,27)28/h4-12H,13H2,1-3H3. The molecule has 0 unspecified atom stereocenters. The molecule has 0 radical (unpaired) electrons. The third-order valence-electron chi connectivity index (χ3n) is 4.67. The SMILES string of the molecule is Cc1cc(C(=O)COC(=O)c2ccc(S(C)(=O)=O)cc2)c(C)n1-c1ccc(Br)cc1. The Labute approximate surface area is 183 Å². The van der Waals surface area contributed by atoms with Crippen LogP contribution in [0.2, 0.25) is 0 Å². The fourth-order valence-corrected chi connectivity index (χ4v) is 4.06. The highest BCUT2D eigenvalue weighted by Gasteiger charge is 2.19. The second-order valence-electron chi connectivity index (χ2n) is 6.89. The van der Waals surface area contributed by atoms with Crippen molar-refractivity contribution in [3.05, 3.63) is 81.6 Å². The number of sulfone groups is 1. The van der Waals surface area contributed by atoms with Gasteiger partial charge in [0.2, 0.25) is 5.78 Å². The first-order valence-corrected chi connectivity index (χ1v) is 11.7. The number of ketones is 1. The highest BCUT2D eigenvalue weighted by Crippen LogP contribution is 2.23. The van der Waals surface area contributed by atoms with Crippen LogP contribution in [0.5, 0.6) is 0 Å². The minimum atomic E-state index is -3.35. The molecule has 1 heterocycles. The molecule has 0 aliphatic carbocycles. The zero-order valence-electron chi connectivity index (χ0n) is 16.7. The number of carbonyl (C=O) groups excluding carboxylic acids is 2. The fourth-order valence-electron chi connectivity index (χ4n) is 3.16. The van der Waals surface area contributed by atoms with Crippen molar-refractivity contribution in [2.75, 3.05) is 12.9 Å². The van der Waals surface area contributed by atoms with E-state index in [2.05, 4.69) is 15.9 Å². The van der Waals surface area contributed by atoms with E-state index in [1.54, 1.807) is 6.07 Å². The highest BCUT2D eigenvalue weighted by atomic mass is 79.9. The number of hydrogen-bond acceptors (Lipinski definition) is 5. The van der Waals surface area contributed by atoms with Crippen molar-refractivity contribution in [1.82, 2.24) is 4.57 Å². The molecule has 8 heteroatoms. The molecule has 6 nitrogen and oxygen atoms in total. The van der Waals surface area contributed by atoms with E-state index < -0.39 is 22.4 Å². The van der Waals surface area contributed by atoms with Gasteiger partial charge in [-0.05, 0) is 68.4 Å². The van der Waals surface area contributed by atoms with Crippen LogP contribution >= 0.6 is 15.9 Å². The summed E-state index contributed by atoms with van der Waals surface area (Å²) in [6.07, 6.45) is 1.09. The molecule has 0 N–H and O–H groups in total. The predicted octanol–water partition coefficient (Wildman–Crippen LogP) is 4.30. The topological polar surface area (TPSA) is 82.4 Å². The molecule has 2 aromatic carbocycles. The number of halogens is 1. The van der Waals surface area contributed by atoms with Gasteiger partial charge in [-0.15, -0.1) is 0 Å². The van der Waals surface area contributed by atoms with Gasteiger partial charge in [-0.1, -0.05) is 15.9 Å². The maximum Gasteiger partial charge on any atom is 0.338 e. The molecule has 0 bridgehead atoms. The molecule has 1 aromatic heterocycles. The minimum absolute atomic E-state index is 0.107. The lowest BCUT2D eigenvalue weighted by Crippen LogP contribution is -2.15. The van der Waals surface area contributed by atoms with E-state index >= 15 is 0 Å². The van der Waals surface area contributed by atoms with Crippen LogP contribution in [0.1, 0.15) is 32.1 Å². The molecule has 3 aromatic rings. The van der Waals surface area contributed by atoms with Gasteiger partial charge >= 0.3 is 5.97 Å². The number of esters is 1. The van der Waals surface area contributed by atoms with Crippen molar-refractivity contribution in [1.29, 1.82) is 0 Å². The first-order valence-electron chi connectivity index (χ1n) is 9.03. The van der Waals surface area contributed by atoms with E-state index in [1.807, 2.05) is 42.7 Å². The van der Waals surface area contributed by atoms with Crippen molar-refractivity contribution in [2.24, 2.45) is 0 Å². The van der Waals surface area contributed by atoms with Gasteiger partial charge in [-0.25, -0.2) is 13.2 Å². The summed E-state index contributed by atoms with van der Waals surface area (Å²) >= 11 is 3.41. The van der Waals surface area contributed by atoms with E-state index in [9.17, 15) is 18.0 Å². The maximum atomic E-state index is 12.7. The lowest BCUT2D eigenvalue weighted by Gasteiger charge is -2.10. The lowest BCUT2D eigenvalue weighted by atomic mass is 10.1. The number of hydrogen-bond donors (Lipinski definition) is 0. The van der Waals surface area contributed by atoms with Crippen LogP contribution in [0, 0.1) is 13.8 Å². The highest BCUT2D eigenvalue weighted by molar-refractivity contribution is 9.10. The zero-order chi connectivity index (χ0) is 22.1. The Morgan fingerprint density at radius 3 is 2.17 bits per heavy atom. The van der Waals surface area contributed by atoms with Crippen LogP contribution in [0.25, 0.3) is 5.69 Å². The van der Waals surface area contributed by atoms with Gasteiger partial charge in [0, 0.05) is 33.4 Å². The van der Waals surface area contributed by atoms with Crippen LogP contribution < -0.4 is 0 Å². The molecule has 156 valence electrons. The molecular formula is C22H20BrNO5S. The number of Topliss-reactive ketones (excluding diaryl/α,β-unsaturated/α-hetero) is 1. The molecule has 0 amide bonds.